The fourth-order valence-electron chi connectivity index (χ4n) is 1.33. The highest BCUT2D eigenvalue weighted by molar-refractivity contribution is 6.00. The van der Waals surface area contributed by atoms with Crippen LogP contribution in [0.15, 0.2) is 24.3 Å². The summed E-state index contributed by atoms with van der Waals surface area (Å²) in [5, 5.41) is 35.0. The maximum absolute atomic E-state index is 11.6. The van der Waals surface area contributed by atoms with Crippen molar-refractivity contribution in [3.8, 4) is 0 Å². The lowest BCUT2D eigenvalue weighted by Gasteiger charge is -2.08. The molecule has 0 aliphatic heterocycles. The van der Waals surface area contributed by atoms with Gasteiger partial charge in [0.2, 0.25) is 0 Å². The number of esters is 4. The molecule has 2 unspecified atom stereocenters. The second-order valence-electron chi connectivity index (χ2n) is 4.39. The first-order valence-corrected chi connectivity index (χ1v) is 6.50. The zero-order valence-electron chi connectivity index (χ0n) is 12.1. The van der Waals surface area contributed by atoms with Gasteiger partial charge in [-0.15, -0.1) is 0 Å². The normalized spacial score (nSPS) is 12.8. The van der Waals surface area contributed by atoms with Crippen LogP contribution in [0.1, 0.15) is 20.7 Å². The number of ether oxygens (including phenoxy) is 2. The standard InChI is InChI=1S/C14H14O10/c15-5-9(17)13(21)23-11(19)7-1-2-8(4-3-7)12(20)24-14(22)10(18)6-16/h1-4,9-10,15-18H,5-6H2. The Morgan fingerprint density at radius 1 is 0.750 bits per heavy atom. The van der Waals surface area contributed by atoms with Gasteiger partial charge in [-0.1, -0.05) is 0 Å². The average Bonchev–Trinajstić information content (AvgIpc) is 2.59. The number of rotatable bonds is 6. The fourth-order valence-corrected chi connectivity index (χ4v) is 1.33. The lowest BCUT2D eigenvalue weighted by molar-refractivity contribution is -0.150. The summed E-state index contributed by atoms with van der Waals surface area (Å²) in [6.45, 7) is -1.82. The van der Waals surface area contributed by atoms with Crippen LogP contribution < -0.4 is 0 Å². The second-order valence-corrected chi connectivity index (χ2v) is 4.39. The average molecular weight is 342 g/mol. The van der Waals surface area contributed by atoms with Crippen molar-refractivity contribution in [2.75, 3.05) is 13.2 Å². The first kappa shape index (κ1) is 19.4. The van der Waals surface area contributed by atoms with Gasteiger partial charge in [-0.05, 0) is 24.3 Å². The van der Waals surface area contributed by atoms with Gasteiger partial charge in [0.05, 0.1) is 24.3 Å². The third-order valence-electron chi connectivity index (χ3n) is 2.63. The molecule has 0 fully saturated rings. The number of hydrogen-bond donors (Lipinski definition) is 4. The minimum Gasteiger partial charge on any atom is -0.393 e. The molecule has 0 bridgehead atoms. The highest BCUT2D eigenvalue weighted by atomic mass is 16.6. The summed E-state index contributed by atoms with van der Waals surface area (Å²) >= 11 is 0. The minimum absolute atomic E-state index is 0.147. The van der Waals surface area contributed by atoms with Crippen LogP contribution in [0.25, 0.3) is 0 Å². The van der Waals surface area contributed by atoms with Gasteiger partial charge in [-0.25, -0.2) is 19.2 Å². The van der Waals surface area contributed by atoms with Crippen LogP contribution in [0.4, 0.5) is 0 Å². The van der Waals surface area contributed by atoms with Gasteiger partial charge >= 0.3 is 23.9 Å². The second kappa shape index (κ2) is 8.84. The van der Waals surface area contributed by atoms with Crippen LogP contribution >= 0.6 is 0 Å². The van der Waals surface area contributed by atoms with Crippen LogP contribution in [-0.4, -0.2) is 69.7 Å². The van der Waals surface area contributed by atoms with Crippen molar-refractivity contribution in [3.63, 3.8) is 0 Å². The van der Waals surface area contributed by atoms with Crippen molar-refractivity contribution in [1.82, 2.24) is 0 Å². The molecule has 1 aromatic rings. The Hall–Kier alpha value is -2.66. The highest BCUT2D eigenvalue weighted by Crippen LogP contribution is 2.09. The summed E-state index contributed by atoms with van der Waals surface area (Å²) in [7, 11) is 0. The summed E-state index contributed by atoms with van der Waals surface area (Å²) in [6.07, 6.45) is -3.71. The van der Waals surface area contributed by atoms with Gasteiger partial charge in [0.15, 0.2) is 12.2 Å². The van der Waals surface area contributed by atoms with E-state index in [0.717, 1.165) is 24.3 Å². The van der Waals surface area contributed by atoms with Gasteiger partial charge in [-0.3, -0.25) is 0 Å². The van der Waals surface area contributed by atoms with E-state index in [1.807, 2.05) is 0 Å². The molecular formula is C14H14O10. The summed E-state index contributed by atoms with van der Waals surface area (Å²) in [6, 6.07) is 4.35. The van der Waals surface area contributed by atoms with Gasteiger partial charge in [0.25, 0.3) is 0 Å². The summed E-state index contributed by atoms with van der Waals surface area (Å²) in [4.78, 5) is 45.5. The van der Waals surface area contributed by atoms with Crippen molar-refractivity contribution in [2.45, 2.75) is 12.2 Å². The Morgan fingerprint density at radius 3 is 1.29 bits per heavy atom. The third kappa shape index (κ3) is 5.21. The molecule has 0 aliphatic rings. The maximum Gasteiger partial charge on any atom is 0.345 e. The van der Waals surface area contributed by atoms with Crippen molar-refractivity contribution < 1.29 is 49.1 Å². The van der Waals surface area contributed by atoms with Crippen molar-refractivity contribution >= 4 is 23.9 Å². The van der Waals surface area contributed by atoms with Crippen LogP contribution in [0, 0.1) is 0 Å². The highest BCUT2D eigenvalue weighted by Gasteiger charge is 2.22. The predicted molar refractivity (Wildman–Crippen MR) is 73.5 cm³/mol. The van der Waals surface area contributed by atoms with Crippen LogP contribution in [-0.2, 0) is 19.1 Å². The molecule has 1 rings (SSSR count). The van der Waals surface area contributed by atoms with Crippen LogP contribution in [0.3, 0.4) is 0 Å². The molecule has 0 heterocycles. The molecule has 0 saturated heterocycles. The molecule has 0 aliphatic carbocycles. The number of aliphatic hydroxyl groups is 4. The Labute approximate surface area is 134 Å². The molecule has 10 nitrogen and oxygen atoms in total. The molecule has 24 heavy (non-hydrogen) atoms. The third-order valence-corrected chi connectivity index (χ3v) is 2.63. The molecular weight excluding hydrogens is 328 g/mol. The Morgan fingerprint density at radius 2 is 1.04 bits per heavy atom. The first-order chi connectivity index (χ1) is 11.3. The Balaban J connectivity index is 2.71. The predicted octanol–water partition coefficient (Wildman–Crippen LogP) is -2.24. The largest absolute Gasteiger partial charge is 0.393 e. The summed E-state index contributed by atoms with van der Waals surface area (Å²) in [5.41, 5.74) is -0.293. The number of aliphatic hydroxyl groups excluding tert-OH is 4. The number of carbonyl (C=O) groups excluding carboxylic acids is 4. The number of hydrogen-bond acceptors (Lipinski definition) is 10. The van der Waals surface area contributed by atoms with Crippen molar-refractivity contribution in [3.05, 3.63) is 35.4 Å². The van der Waals surface area contributed by atoms with E-state index in [1.54, 1.807) is 0 Å². The zero-order chi connectivity index (χ0) is 18.3. The zero-order valence-corrected chi connectivity index (χ0v) is 12.1. The van der Waals surface area contributed by atoms with Crippen molar-refractivity contribution in [2.24, 2.45) is 0 Å². The lowest BCUT2D eigenvalue weighted by Crippen LogP contribution is -2.29. The quantitative estimate of drug-likeness (QED) is 0.328. The molecule has 0 amide bonds. The topological polar surface area (TPSA) is 168 Å². The van der Waals surface area contributed by atoms with Crippen molar-refractivity contribution in [1.29, 1.82) is 0 Å². The SMILES string of the molecule is O=C(OC(=O)C(O)CO)c1ccc(C(=O)OC(=O)C(O)CO)cc1. The van der Waals surface area contributed by atoms with E-state index in [-0.39, 0.29) is 11.1 Å². The summed E-state index contributed by atoms with van der Waals surface area (Å²) < 4.78 is 8.56. The van der Waals surface area contributed by atoms with E-state index in [9.17, 15) is 19.2 Å². The molecule has 130 valence electrons. The fraction of sp³-hybridized carbons (Fsp3) is 0.286. The van der Waals surface area contributed by atoms with Gasteiger partial charge in [-0.2, -0.15) is 0 Å². The van der Waals surface area contributed by atoms with Gasteiger partial charge in [0, 0.05) is 0 Å². The van der Waals surface area contributed by atoms with Gasteiger partial charge in [0.1, 0.15) is 0 Å². The molecule has 4 N–H and O–H groups in total. The van der Waals surface area contributed by atoms with E-state index in [0.29, 0.717) is 0 Å². The molecule has 10 heteroatoms. The Bertz CT molecular complexity index is 566. The summed E-state index contributed by atoms with van der Waals surface area (Å²) in [5.74, 6) is -4.93. The smallest absolute Gasteiger partial charge is 0.345 e. The lowest BCUT2D eigenvalue weighted by atomic mass is 10.1. The molecule has 0 saturated carbocycles. The van der Waals surface area contributed by atoms with E-state index >= 15 is 0 Å². The van der Waals surface area contributed by atoms with Crippen LogP contribution in [0.2, 0.25) is 0 Å². The van der Waals surface area contributed by atoms with Gasteiger partial charge < -0.3 is 29.9 Å². The first-order valence-electron chi connectivity index (χ1n) is 6.50. The molecule has 0 aromatic heterocycles. The monoisotopic (exact) mass is 342 g/mol. The number of carbonyl (C=O) groups is 4. The molecule has 2 atom stereocenters. The van der Waals surface area contributed by atoms with E-state index in [2.05, 4.69) is 9.47 Å². The minimum atomic E-state index is -1.85. The molecule has 1 aromatic carbocycles. The molecule has 0 spiro atoms. The maximum atomic E-state index is 11.6. The molecule has 0 radical (unpaired) electrons. The van der Waals surface area contributed by atoms with E-state index < -0.39 is 49.3 Å². The van der Waals surface area contributed by atoms with Crippen LogP contribution in [0.5, 0.6) is 0 Å². The number of benzene rings is 1. The Kier molecular flexibility index (Phi) is 7.14. The van der Waals surface area contributed by atoms with E-state index in [1.165, 1.54) is 0 Å². The van der Waals surface area contributed by atoms with E-state index in [4.69, 9.17) is 20.4 Å².